The topological polar surface area (TPSA) is 43.4 Å². The van der Waals surface area contributed by atoms with Crippen molar-refractivity contribution < 1.29 is 19.0 Å². The number of halogens is 1. The Morgan fingerprint density at radius 2 is 1.86 bits per heavy atom. The lowest BCUT2D eigenvalue weighted by Gasteiger charge is -2.19. The highest BCUT2D eigenvalue weighted by molar-refractivity contribution is 8.14. The summed E-state index contributed by atoms with van der Waals surface area (Å²) in [6.07, 6.45) is 8.19. The number of aldehydes is 1. The van der Waals surface area contributed by atoms with Gasteiger partial charge in [-0.05, 0) is 49.1 Å². The van der Waals surface area contributed by atoms with Crippen molar-refractivity contribution in [1.82, 2.24) is 0 Å². The highest BCUT2D eigenvalue weighted by Crippen LogP contribution is 2.26. The Balaban J connectivity index is 0. The minimum absolute atomic E-state index is 0. The summed E-state index contributed by atoms with van der Waals surface area (Å²) < 4.78 is 5.89. The molecule has 0 N–H and O–H groups in total. The zero-order valence-electron chi connectivity index (χ0n) is 17.6. The standard InChI is InChI=1S/C16H20O.C5H6O2S.C2H6.FH/c1-4-14-6-9-15(10-7-14)17-16-8-5-12(2)13(3)11-16;1-2-5(7)8-4-3-6;1-2;/h5-10,13H,4,11H2,1-3H3;2-3H,1,4H2;1-2H3;1H. The number of carbonyl (C=O) groups excluding carboxylic acids is 2. The Hall–Kier alpha value is -2.14. The van der Waals surface area contributed by atoms with Crippen molar-refractivity contribution in [2.24, 2.45) is 5.92 Å². The summed E-state index contributed by atoms with van der Waals surface area (Å²) >= 11 is 0.951. The van der Waals surface area contributed by atoms with Crippen molar-refractivity contribution in [1.29, 1.82) is 0 Å². The third-order valence-corrected chi connectivity index (χ3v) is 4.61. The molecule has 5 heteroatoms. The zero-order valence-corrected chi connectivity index (χ0v) is 18.4. The first-order chi connectivity index (χ1) is 13.0. The maximum Gasteiger partial charge on any atom is 0.211 e. The van der Waals surface area contributed by atoms with Crippen LogP contribution in [-0.2, 0) is 16.0 Å². The Morgan fingerprint density at radius 3 is 2.32 bits per heavy atom. The first-order valence-corrected chi connectivity index (χ1v) is 10.4. The van der Waals surface area contributed by atoms with E-state index in [2.05, 4.69) is 63.8 Å². The van der Waals surface area contributed by atoms with Gasteiger partial charge in [-0.2, -0.15) is 0 Å². The Bertz CT molecular complexity index is 648. The summed E-state index contributed by atoms with van der Waals surface area (Å²) in [7, 11) is 0. The lowest BCUT2D eigenvalue weighted by molar-refractivity contribution is -0.108. The number of hydrogen-bond donors (Lipinski definition) is 0. The van der Waals surface area contributed by atoms with E-state index in [1.807, 2.05) is 13.8 Å². The van der Waals surface area contributed by atoms with Gasteiger partial charge in [-0.25, -0.2) is 0 Å². The molecule has 0 heterocycles. The van der Waals surface area contributed by atoms with E-state index in [-0.39, 0.29) is 15.6 Å². The number of benzene rings is 1. The summed E-state index contributed by atoms with van der Waals surface area (Å²) in [5.41, 5.74) is 2.78. The minimum Gasteiger partial charge on any atom is -0.462 e. The Kier molecular flexibility index (Phi) is 17.0. The normalized spacial score (nSPS) is 14.4. The monoisotopic (exact) mass is 408 g/mol. The van der Waals surface area contributed by atoms with Crippen molar-refractivity contribution in [3.05, 3.63) is 66.0 Å². The molecule has 28 heavy (non-hydrogen) atoms. The van der Waals surface area contributed by atoms with Crippen molar-refractivity contribution >= 4 is 23.2 Å². The van der Waals surface area contributed by atoms with Crippen LogP contribution in [0.4, 0.5) is 4.70 Å². The number of hydrogen-bond acceptors (Lipinski definition) is 4. The molecule has 2 rings (SSSR count). The van der Waals surface area contributed by atoms with Crippen molar-refractivity contribution in [2.75, 3.05) is 5.75 Å². The van der Waals surface area contributed by atoms with E-state index in [0.29, 0.717) is 12.2 Å². The summed E-state index contributed by atoms with van der Waals surface area (Å²) in [5, 5.41) is -0.155. The number of thioether (sulfide) groups is 1. The van der Waals surface area contributed by atoms with E-state index in [4.69, 9.17) is 4.74 Å². The SMILES string of the molecule is C=CC(=O)SCC=O.CC.CCc1ccc(OC2=CC=C(C)C(C)C2)cc1.F. The van der Waals surface area contributed by atoms with E-state index in [0.717, 1.165) is 36.1 Å². The first kappa shape index (κ1) is 28.1. The van der Waals surface area contributed by atoms with Gasteiger partial charge in [0.05, 0.1) is 5.75 Å². The van der Waals surface area contributed by atoms with Gasteiger partial charge in [0.15, 0.2) is 0 Å². The summed E-state index contributed by atoms with van der Waals surface area (Å²) in [5.74, 6) is 2.82. The van der Waals surface area contributed by atoms with Gasteiger partial charge in [0.1, 0.15) is 17.8 Å². The molecule has 1 aliphatic rings. The van der Waals surface area contributed by atoms with Crippen LogP contribution in [0, 0.1) is 5.92 Å². The average Bonchev–Trinajstić information content (AvgIpc) is 2.71. The maximum atomic E-state index is 10.3. The van der Waals surface area contributed by atoms with Crippen LogP contribution in [0.15, 0.2) is 60.4 Å². The second-order valence-electron chi connectivity index (χ2n) is 5.75. The molecule has 0 aliphatic heterocycles. The Labute approximate surface area is 173 Å². The van der Waals surface area contributed by atoms with Crippen molar-refractivity contribution in [3.63, 3.8) is 0 Å². The molecule has 1 unspecified atom stereocenters. The fourth-order valence-corrected chi connectivity index (χ4v) is 2.46. The average molecular weight is 409 g/mol. The second kappa shape index (κ2) is 17.0. The molecule has 0 bridgehead atoms. The lowest BCUT2D eigenvalue weighted by Crippen LogP contribution is -2.07. The fourth-order valence-electron chi connectivity index (χ4n) is 2.11. The van der Waals surface area contributed by atoms with E-state index in [1.165, 1.54) is 17.2 Å². The van der Waals surface area contributed by atoms with Crippen LogP contribution in [0.1, 0.15) is 46.6 Å². The zero-order chi connectivity index (χ0) is 20.7. The van der Waals surface area contributed by atoms with E-state index >= 15 is 0 Å². The van der Waals surface area contributed by atoms with Gasteiger partial charge >= 0.3 is 0 Å². The molecular formula is C23H33FO3S. The third kappa shape index (κ3) is 11.5. The lowest BCUT2D eigenvalue weighted by atomic mass is 9.94. The van der Waals surface area contributed by atoms with Crippen LogP contribution in [0.5, 0.6) is 5.75 Å². The molecule has 1 aromatic rings. The molecule has 3 nitrogen and oxygen atoms in total. The molecular weight excluding hydrogens is 375 g/mol. The number of ether oxygens (including phenoxy) is 1. The molecule has 1 aromatic carbocycles. The van der Waals surface area contributed by atoms with Crippen LogP contribution in [0.25, 0.3) is 0 Å². The van der Waals surface area contributed by atoms with Crippen LogP contribution in [0.2, 0.25) is 0 Å². The molecule has 0 saturated carbocycles. The van der Waals surface area contributed by atoms with Gasteiger partial charge in [0.25, 0.3) is 0 Å². The molecule has 0 amide bonds. The number of carbonyl (C=O) groups is 2. The summed E-state index contributed by atoms with van der Waals surface area (Å²) in [6.45, 7) is 13.8. The minimum atomic E-state index is -0.155. The van der Waals surface area contributed by atoms with Gasteiger partial charge in [-0.1, -0.05) is 69.8 Å². The van der Waals surface area contributed by atoms with Gasteiger partial charge < -0.3 is 9.53 Å². The molecule has 1 atom stereocenters. The van der Waals surface area contributed by atoms with Crippen LogP contribution in [0.3, 0.4) is 0 Å². The predicted octanol–water partition coefficient (Wildman–Crippen LogP) is 6.31. The van der Waals surface area contributed by atoms with Gasteiger partial charge in [-0.3, -0.25) is 9.50 Å². The molecule has 0 saturated heterocycles. The van der Waals surface area contributed by atoms with Gasteiger partial charge in [0, 0.05) is 6.42 Å². The highest BCUT2D eigenvalue weighted by atomic mass is 32.2. The van der Waals surface area contributed by atoms with Crippen LogP contribution in [-0.4, -0.2) is 17.2 Å². The highest BCUT2D eigenvalue weighted by Gasteiger charge is 2.13. The van der Waals surface area contributed by atoms with Gasteiger partial charge in [0.2, 0.25) is 5.12 Å². The van der Waals surface area contributed by atoms with E-state index in [1.54, 1.807) is 0 Å². The molecule has 0 fully saturated rings. The first-order valence-electron chi connectivity index (χ1n) is 9.37. The smallest absolute Gasteiger partial charge is 0.211 e. The molecule has 1 aliphatic carbocycles. The number of aryl methyl sites for hydroxylation is 1. The van der Waals surface area contributed by atoms with Crippen molar-refractivity contribution in [2.45, 2.75) is 47.5 Å². The van der Waals surface area contributed by atoms with Crippen LogP contribution < -0.4 is 4.74 Å². The van der Waals surface area contributed by atoms with Crippen LogP contribution >= 0.6 is 11.8 Å². The number of rotatable bonds is 6. The third-order valence-electron chi connectivity index (χ3n) is 3.86. The van der Waals surface area contributed by atoms with E-state index < -0.39 is 0 Å². The molecule has 156 valence electrons. The largest absolute Gasteiger partial charge is 0.462 e. The van der Waals surface area contributed by atoms with E-state index in [9.17, 15) is 9.59 Å². The molecule has 0 aromatic heterocycles. The molecule has 0 spiro atoms. The van der Waals surface area contributed by atoms with Gasteiger partial charge in [-0.15, -0.1) is 0 Å². The number of allylic oxidation sites excluding steroid dienone is 4. The summed E-state index contributed by atoms with van der Waals surface area (Å²) in [4.78, 5) is 19.9. The predicted molar refractivity (Wildman–Crippen MR) is 120 cm³/mol. The molecule has 0 radical (unpaired) electrons. The van der Waals surface area contributed by atoms with Crippen molar-refractivity contribution in [3.8, 4) is 5.75 Å². The summed E-state index contributed by atoms with van der Waals surface area (Å²) in [6, 6.07) is 8.36. The quantitative estimate of drug-likeness (QED) is 0.409. The second-order valence-corrected chi connectivity index (χ2v) is 6.77. The maximum absolute atomic E-state index is 10.3. The Morgan fingerprint density at radius 1 is 1.25 bits per heavy atom. The fraction of sp³-hybridized carbons (Fsp3) is 0.391.